The van der Waals surface area contributed by atoms with Crippen molar-refractivity contribution in [2.45, 2.75) is 101 Å². The third-order valence-electron chi connectivity index (χ3n) is 8.26. The maximum atomic E-state index is 13.8. The first-order valence-electron chi connectivity index (χ1n) is 16.5. The van der Waals surface area contributed by atoms with E-state index in [4.69, 9.17) is 19.7 Å². The van der Waals surface area contributed by atoms with Crippen LogP contribution in [-0.2, 0) is 25.6 Å². The molecular formula is C35H47IN5O7PS. The Bertz CT molecular complexity index is 1770. The number of nitrogens with two attached hydrogens (primary N) is 1. The van der Waals surface area contributed by atoms with Gasteiger partial charge in [0, 0.05) is 18.2 Å². The number of nitrogen functional groups attached to an aromatic ring is 1. The molecule has 2 atom stereocenters. The zero-order valence-corrected chi connectivity index (χ0v) is 33.4. The average molecular weight is 840 g/mol. The molecule has 3 aromatic rings. The fourth-order valence-electron chi connectivity index (χ4n) is 5.57. The van der Waals surface area contributed by atoms with Crippen LogP contribution in [-0.4, -0.2) is 65.4 Å². The Kier molecular flexibility index (Phi) is 13.5. The number of rotatable bonds is 4. The molecule has 4 bridgehead atoms. The summed E-state index contributed by atoms with van der Waals surface area (Å²) in [4.78, 5) is 36.8. The number of anilines is 2. The Labute approximate surface area is 309 Å². The highest BCUT2D eigenvalue weighted by atomic mass is 127. The summed E-state index contributed by atoms with van der Waals surface area (Å²) in [6, 6.07) is 11.7. The van der Waals surface area contributed by atoms with E-state index in [1.807, 2.05) is 6.07 Å². The highest BCUT2D eigenvalue weighted by Gasteiger charge is 2.38. The van der Waals surface area contributed by atoms with Gasteiger partial charge in [0.2, 0.25) is 0 Å². The van der Waals surface area contributed by atoms with Crippen molar-refractivity contribution < 1.29 is 32.0 Å². The molecule has 0 radical (unpaired) electrons. The average Bonchev–Trinajstić information content (AvgIpc) is 3.04. The van der Waals surface area contributed by atoms with E-state index in [1.54, 1.807) is 78.1 Å². The third-order valence-corrected chi connectivity index (χ3v) is 12.0. The largest absolute Gasteiger partial charge is 0.491 e. The number of amides is 2. The van der Waals surface area contributed by atoms with E-state index in [0.29, 0.717) is 41.3 Å². The zero-order valence-electron chi connectivity index (χ0n) is 29.4. The Balaban J connectivity index is 1.71. The molecule has 2 aliphatic rings. The summed E-state index contributed by atoms with van der Waals surface area (Å²) < 4.78 is 44.4. The number of benzene rings is 2. The predicted molar refractivity (Wildman–Crippen MR) is 206 cm³/mol. The molecule has 3 N–H and O–H groups in total. The summed E-state index contributed by atoms with van der Waals surface area (Å²) in [5, 5.41) is 2.88. The van der Waals surface area contributed by atoms with Gasteiger partial charge in [-0.15, -0.1) is 0 Å². The number of halogens is 1. The second kappa shape index (κ2) is 17.0. The van der Waals surface area contributed by atoms with Crippen molar-refractivity contribution >= 4 is 61.8 Å². The van der Waals surface area contributed by atoms with Crippen molar-refractivity contribution in [3.8, 4) is 17.0 Å². The lowest BCUT2D eigenvalue weighted by atomic mass is 10.00. The van der Waals surface area contributed by atoms with E-state index in [0.717, 1.165) is 32.1 Å². The van der Waals surface area contributed by atoms with Gasteiger partial charge in [0.25, 0.3) is 5.91 Å². The van der Waals surface area contributed by atoms with Gasteiger partial charge in [-0.2, -0.15) is 0 Å². The molecule has 15 heteroatoms. The van der Waals surface area contributed by atoms with Crippen LogP contribution >= 0.6 is 28.5 Å². The van der Waals surface area contributed by atoms with Crippen LogP contribution in [0.4, 0.5) is 16.3 Å². The quantitative estimate of drug-likeness (QED) is 0.195. The van der Waals surface area contributed by atoms with Crippen molar-refractivity contribution in [1.29, 1.82) is 0 Å². The van der Waals surface area contributed by atoms with E-state index < -0.39 is 32.2 Å². The number of sulfone groups is 1. The SMILES string of the molecule is CN(Cc1cccc2c1OCCCCCCC(OPI)CC(C)(C)S(=O)(=O)c1ccc(cc1)-c1cnc(N)c(n1)C(=O)N2)C(=O)OC(C)(C)C. The molecule has 5 rings (SSSR count). The zero-order chi connectivity index (χ0) is 36.7. The fraction of sp³-hybridized carbons (Fsp3) is 0.486. The Hall–Kier alpha value is -3.07. The number of nitrogens with one attached hydrogen (secondary N) is 1. The third kappa shape index (κ3) is 10.3. The molecule has 272 valence electrons. The van der Waals surface area contributed by atoms with Gasteiger partial charge in [0.1, 0.15) is 11.4 Å². The van der Waals surface area contributed by atoms with Crippen LogP contribution in [0.5, 0.6) is 5.75 Å². The van der Waals surface area contributed by atoms with Gasteiger partial charge in [-0.1, -0.05) is 43.5 Å². The second-order valence-electron chi connectivity index (χ2n) is 13.9. The molecule has 2 aromatic carbocycles. The topological polar surface area (TPSA) is 163 Å². The summed E-state index contributed by atoms with van der Waals surface area (Å²) in [6.07, 6.45) is 5.22. The normalized spacial score (nSPS) is 18.6. The predicted octanol–water partition coefficient (Wildman–Crippen LogP) is 7.96. The standard InChI is InChI=1S/C35H47IN5O7PS/c1-34(2,3)47-33(43)41(6)22-24-12-11-14-27-30(24)46-19-10-8-7-9-13-25(48-49-36)20-35(4,5)50(44,45)26-17-15-23(16-18-26)28-21-38-31(37)29(39-28)32(42)40-27/h11-12,14-18,21,25,49H,7-10,13,19-20,22H2,1-6H3,(H2,37,38)(H,40,42). The number of para-hydroxylation sites is 1. The van der Waals surface area contributed by atoms with E-state index in [9.17, 15) is 18.0 Å². The molecule has 1 aromatic heterocycles. The van der Waals surface area contributed by atoms with Crippen molar-refractivity contribution in [3.05, 3.63) is 59.9 Å². The number of nitrogens with zero attached hydrogens (tertiary/aromatic N) is 3. The highest BCUT2D eigenvalue weighted by Crippen LogP contribution is 2.37. The van der Waals surface area contributed by atoms with Crippen molar-refractivity contribution in [3.63, 3.8) is 0 Å². The minimum Gasteiger partial charge on any atom is -0.491 e. The molecule has 50 heavy (non-hydrogen) atoms. The molecule has 0 saturated carbocycles. The molecule has 2 amide bonds. The van der Waals surface area contributed by atoms with E-state index >= 15 is 0 Å². The van der Waals surface area contributed by atoms with Gasteiger partial charge >= 0.3 is 6.09 Å². The van der Waals surface area contributed by atoms with Crippen molar-refractivity contribution in [2.24, 2.45) is 0 Å². The van der Waals surface area contributed by atoms with Crippen LogP contribution in [0.2, 0.25) is 0 Å². The monoisotopic (exact) mass is 839 g/mol. The number of hydrogen-bond acceptors (Lipinski definition) is 10. The summed E-state index contributed by atoms with van der Waals surface area (Å²) in [6.45, 7) is 9.65. The van der Waals surface area contributed by atoms with Crippen LogP contribution in [0.25, 0.3) is 11.3 Å². The highest BCUT2D eigenvalue weighted by molar-refractivity contribution is 14.2. The van der Waals surface area contributed by atoms with Crippen LogP contribution in [0.3, 0.4) is 0 Å². The number of hydrogen-bond donors (Lipinski definition) is 2. The van der Waals surface area contributed by atoms with Gasteiger partial charge in [-0.05, 0) is 94.1 Å². The molecule has 0 fully saturated rings. The minimum atomic E-state index is -3.72. The van der Waals surface area contributed by atoms with E-state index in [2.05, 4.69) is 37.3 Å². The first kappa shape index (κ1) is 39.7. The fourth-order valence-corrected chi connectivity index (χ4v) is 8.52. The summed E-state index contributed by atoms with van der Waals surface area (Å²) >= 11 is 2.18. The van der Waals surface area contributed by atoms with Crippen LogP contribution in [0.15, 0.2) is 53.6 Å². The Morgan fingerprint density at radius 2 is 1.84 bits per heavy atom. The lowest BCUT2D eigenvalue weighted by Gasteiger charge is -2.29. The van der Waals surface area contributed by atoms with Gasteiger partial charge in [-0.3, -0.25) is 4.79 Å². The lowest BCUT2D eigenvalue weighted by molar-refractivity contribution is 0.0284. The smallest absolute Gasteiger partial charge is 0.410 e. The summed E-state index contributed by atoms with van der Waals surface area (Å²) in [5.74, 6) is -0.253. The van der Waals surface area contributed by atoms with E-state index in [-0.39, 0.29) is 35.5 Å². The van der Waals surface area contributed by atoms with Crippen molar-refractivity contribution in [2.75, 3.05) is 24.7 Å². The van der Waals surface area contributed by atoms with Crippen molar-refractivity contribution in [1.82, 2.24) is 14.9 Å². The molecule has 0 saturated heterocycles. The first-order chi connectivity index (χ1) is 23.5. The molecule has 12 nitrogen and oxygen atoms in total. The summed E-state index contributed by atoms with van der Waals surface area (Å²) in [7, 11) is -2.07. The maximum Gasteiger partial charge on any atom is 0.410 e. The van der Waals surface area contributed by atoms with Gasteiger partial charge in [0.05, 0.1) is 52.9 Å². The molecule has 0 spiro atoms. The number of ether oxygens (including phenoxy) is 2. The molecule has 2 unspecified atom stereocenters. The minimum absolute atomic E-state index is 0.0752. The lowest BCUT2D eigenvalue weighted by Crippen LogP contribution is -2.36. The Morgan fingerprint density at radius 3 is 2.52 bits per heavy atom. The van der Waals surface area contributed by atoms with Crippen LogP contribution in [0, 0.1) is 0 Å². The van der Waals surface area contributed by atoms with Crippen LogP contribution in [0.1, 0.15) is 89.2 Å². The molecule has 2 aliphatic heterocycles. The second-order valence-corrected chi connectivity index (χ2v) is 18.2. The number of fused-ring (bicyclic) bond motifs is 13. The summed E-state index contributed by atoms with van der Waals surface area (Å²) in [5.41, 5.74) is 7.34. The maximum absolute atomic E-state index is 13.8. The molecular weight excluding hydrogens is 792 g/mol. The number of carbonyl (C=O) groups excluding carboxylic acids is 2. The number of carbonyl (C=O) groups is 2. The molecule has 3 heterocycles. The van der Waals surface area contributed by atoms with Gasteiger partial charge < -0.3 is 29.9 Å². The van der Waals surface area contributed by atoms with Gasteiger partial charge in [-0.25, -0.2) is 23.2 Å². The molecule has 0 aliphatic carbocycles. The van der Waals surface area contributed by atoms with Gasteiger partial charge in [0.15, 0.2) is 21.3 Å². The first-order valence-corrected chi connectivity index (χ1v) is 22.0. The van der Waals surface area contributed by atoms with Crippen LogP contribution < -0.4 is 15.8 Å². The number of aromatic nitrogens is 2. The van der Waals surface area contributed by atoms with E-state index in [1.165, 1.54) is 11.1 Å². The Morgan fingerprint density at radius 1 is 1.14 bits per heavy atom.